The lowest BCUT2D eigenvalue weighted by Crippen LogP contribution is -2.42. The molecule has 7 nitrogen and oxygen atoms in total. The molecule has 36 heavy (non-hydrogen) atoms. The lowest BCUT2D eigenvalue weighted by molar-refractivity contribution is -0.0447. The molecule has 1 aliphatic rings. The third-order valence-electron chi connectivity index (χ3n) is 5.70. The van der Waals surface area contributed by atoms with Gasteiger partial charge in [-0.25, -0.2) is 14.4 Å². The predicted molar refractivity (Wildman–Crippen MR) is 131 cm³/mol. The van der Waals surface area contributed by atoms with Crippen LogP contribution < -0.4 is 0 Å². The Morgan fingerprint density at radius 3 is 1.53 bits per heavy atom. The molecule has 4 unspecified atom stereocenters. The fourth-order valence-electron chi connectivity index (χ4n) is 3.92. The van der Waals surface area contributed by atoms with E-state index in [2.05, 4.69) is 6.58 Å². The largest absolute Gasteiger partial charge is 0.459 e. The first-order chi connectivity index (χ1) is 17.6. The van der Waals surface area contributed by atoms with Gasteiger partial charge >= 0.3 is 17.9 Å². The van der Waals surface area contributed by atoms with Crippen molar-refractivity contribution in [1.29, 1.82) is 0 Å². The minimum Gasteiger partial charge on any atom is -0.459 e. The zero-order valence-electron chi connectivity index (χ0n) is 19.5. The quantitative estimate of drug-likeness (QED) is 0.247. The maximum Gasteiger partial charge on any atom is 0.338 e. The van der Waals surface area contributed by atoms with Crippen molar-refractivity contribution in [2.45, 2.75) is 30.8 Å². The van der Waals surface area contributed by atoms with Crippen molar-refractivity contribution in [3.63, 3.8) is 0 Å². The first-order valence-corrected chi connectivity index (χ1v) is 11.6. The average Bonchev–Trinajstić information content (AvgIpc) is 3.24. The van der Waals surface area contributed by atoms with Gasteiger partial charge in [0.25, 0.3) is 0 Å². The lowest BCUT2D eigenvalue weighted by atomic mass is 10.0. The van der Waals surface area contributed by atoms with E-state index in [4.69, 9.17) is 18.9 Å². The number of hydrogen-bond acceptors (Lipinski definition) is 7. The van der Waals surface area contributed by atoms with Gasteiger partial charge in [-0.15, -0.1) is 6.58 Å². The first kappa shape index (κ1) is 24.9. The number of hydrogen-bond donors (Lipinski definition) is 0. The van der Waals surface area contributed by atoms with Crippen molar-refractivity contribution in [2.75, 3.05) is 6.61 Å². The van der Waals surface area contributed by atoms with Crippen LogP contribution in [0, 0.1) is 0 Å². The zero-order valence-corrected chi connectivity index (χ0v) is 19.5. The van der Waals surface area contributed by atoms with Crippen LogP contribution in [0.5, 0.6) is 0 Å². The molecule has 0 bridgehead atoms. The van der Waals surface area contributed by atoms with Gasteiger partial charge in [0.1, 0.15) is 18.8 Å². The van der Waals surface area contributed by atoms with E-state index in [-0.39, 0.29) is 6.61 Å². The molecule has 3 aromatic rings. The molecule has 1 saturated heterocycles. The second-order valence-corrected chi connectivity index (χ2v) is 8.17. The maximum atomic E-state index is 12.9. The van der Waals surface area contributed by atoms with E-state index in [1.807, 2.05) is 0 Å². The fraction of sp³-hybridized carbons (Fsp3) is 0.207. The van der Waals surface area contributed by atoms with Gasteiger partial charge in [0.05, 0.1) is 16.7 Å². The second kappa shape index (κ2) is 12.0. The summed E-state index contributed by atoms with van der Waals surface area (Å²) in [5.74, 6) is -1.73. The van der Waals surface area contributed by atoms with Crippen molar-refractivity contribution >= 4 is 17.9 Å². The van der Waals surface area contributed by atoms with E-state index in [0.717, 1.165) is 0 Å². The Kier molecular flexibility index (Phi) is 8.26. The smallest absolute Gasteiger partial charge is 0.338 e. The van der Waals surface area contributed by atoms with Gasteiger partial charge in [0.2, 0.25) is 0 Å². The minimum atomic E-state index is -1.01. The van der Waals surface area contributed by atoms with E-state index in [9.17, 15) is 14.4 Å². The number of rotatable bonds is 9. The summed E-state index contributed by atoms with van der Waals surface area (Å²) in [4.78, 5) is 38.3. The van der Waals surface area contributed by atoms with Crippen molar-refractivity contribution in [3.8, 4) is 0 Å². The van der Waals surface area contributed by atoms with Crippen LogP contribution in [0.3, 0.4) is 0 Å². The van der Waals surface area contributed by atoms with E-state index in [0.29, 0.717) is 23.1 Å². The number of benzene rings is 3. The number of carbonyl (C=O) groups excluding carboxylic acids is 3. The minimum absolute atomic E-state index is 0.201. The molecule has 0 aromatic heterocycles. The molecule has 0 aliphatic carbocycles. The molecule has 3 aromatic carbocycles. The lowest BCUT2D eigenvalue weighted by Gasteiger charge is -2.24. The van der Waals surface area contributed by atoms with Crippen molar-refractivity contribution in [2.24, 2.45) is 0 Å². The molecule has 1 fully saturated rings. The molecule has 1 aliphatic heterocycles. The first-order valence-electron chi connectivity index (χ1n) is 11.6. The summed E-state index contributed by atoms with van der Waals surface area (Å²) in [7, 11) is 0. The maximum absolute atomic E-state index is 12.9. The number of esters is 3. The van der Waals surface area contributed by atoms with E-state index < -0.39 is 42.3 Å². The third-order valence-corrected chi connectivity index (χ3v) is 5.70. The highest BCUT2D eigenvalue weighted by molar-refractivity contribution is 5.91. The van der Waals surface area contributed by atoms with Crippen LogP contribution in [0.2, 0.25) is 0 Å². The molecular weight excluding hydrogens is 460 g/mol. The van der Waals surface area contributed by atoms with Crippen molar-refractivity contribution in [1.82, 2.24) is 0 Å². The van der Waals surface area contributed by atoms with E-state index in [1.54, 1.807) is 97.1 Å². The standard InChI is InChI=1S/C29H26O7/c1-2-12-23-25(35-28(31)21-15-8-4-9-16-21)26(36-29(32)22-17-10-5-11-18-22)24(34-23)19-33-27(30)20-13-6-3-7-14-20/h2-11,13-18,23-26H,1,12,19H2. The summed E-state index contributed by atoms with van der Waals surface area (Å²) in [6, 6.07) is 25.5. The number of ether oxygens (including phenoxy) is 4. The topological polar surface area (TPSA) is 88.1 Å². The Bertz CT molecular complexity index is 1180. The van der Waals surface area contributed by atoms with Gasteiger partial charge in [-0.05, 0) is 42.8 Å². The summed E-state index contributed by atoms with van der Waals surface area (Å²) in [6.07, 6.45) is -1.51. The Morgan fingerprint density at radius 2 is 1.08 bits per heavy atom. The van der Waals surface area contributed by atoms with Crippen molar-refractivity contribution in [3.05, 3.63) is 120 Å². The molecule has 4 rings (SSSR count). The normalized spacial score (nSPS) is 20.8. The van der Waals surface area contributed by atoms with Gasteiger partial charge in [0.15, 0.2) is 12.2 Å². The SMILES string of the molecule is C=CCC1OC(COC(=O)c2ccccc2)C(OC(=O)c2ccccc2)C1OC(=O)c1ccccc1. The van der Waals surface area contributed by atoms with Crippen LogP contribution in [0.15, 0.2) is 104 Å². The monoisotopic (exact) mass is 486 g/mol. The predicted octanol–water partition coefficient (Wildman–Crippen LogP) is 4.64. The third kappa shape index (κ3) is 6.06. The van der Waals surface area contributed by atoms with Crippen LogP contribution in [0.1, 0.15) is 37.5 Å². The second-order valence-electron chi connectivity index (χ2n) is 8.17. The molecule has 7 heteroatoms. The van der Waals surface area contributed by atoms with Gasteiger partial charge in [0, 0.05) is 0 Å². The van der Waals surface area contributed by atoms with Crippen LogP contribution in [0.25, 0.3) is 0 Å². The number of carbonyl (C=O) groups is 3. The molecule has 184 valence electrons. The summed E-state index contributed by atoms with van der Waals surface area (Å²) in [6.45, 7) is 3.55. The molecule has 0 saturated carbocycles. The van der Waals surface area contributed by atoms with Crippen molar-refractivity contribution < 1.29 is 33.3 Å². The van der Waals surface area contributed by atoms with Gasteiger partial charge in [-0.2, -0.15) is 0 Å². The molecule has 1 heterocycles. The van der Waals surface area contributed by atoms with E-state index in [1.165, 1.54) is 0 Å². The molecule has 4 atom stereocenters. The molecule has 0 N–H and O–H groups in total. The summed E-state index contributed by atoms with van der Waals surface area (Å²) >= 11 is 0. The van der Waals surface area contributed by atoms with Gasteiger partial charge in [-0.3, -0.25) is 0 Å². The molecular formula is C29H26O7. The molecule has 0 spiro atoms. The highest BCUT2D eigenvalue weighted by Gasteiger charge is 2.49. The Hall–Kier alpha value is -4.23. The fourth-order valence-corrected chi connectivity index (χ4v) is 3.92. The summed E-state index contributed by atoms with van der Waals surface area (Å²) in [5, 5.41) is 0. The Balaban J connectivity index is 1.56. The Morgan fingerprint density at radius 1 is 0.667 bits per heavy atom. The van der Waals surface area contributed by atoms with Crippen LogP contribution in [-0.2, 0) is 18.9 Å². The summed E-state index contributed by atoms with van der Waals surface area (Å²) in [5.41, 5.74) is 1.06. The molecule has 0 amide bonds. The zero-order chi connectivity index (χ0) is 25.3. The highest BCUT2D eigenvalue weighted by Crippen LogP contribution is 2.31. The van der Waals surface area contributed by atoms with Crippen LogP contribution >= 0.6 is 0 Å². The molecule has 0 radical (unpaired) electrons. The summed E-state index contributed by atoms with van der Waals surface area (Å²) < 4.78 is 23.2. The van der Waals surface area contributed by atoms with Crippen LogP contribution in [-0.4, -0.2) is 48.9 Å². The van der Waals surface area contributed by atoms with Gasteiger partial charge < -0.3 is 18.9 Å². The Labute approximate surface area is 209 Å². The highest BCUT2D eigenvalue weighted by atomic mass is 16.6. The van der Waals surface area contributed by atoms with Gasteiger partial charge in [-0.1, -0.05) is 60.7 Å². The average molecular weight is 487 g/mol. The van der Waals surface area contributed by atoms with Crippen LogP contribution in [0.4, 0.5) is 0 Å². The van der Waals surface area contributed by atoms with E-state index >= 15 is 0 Å².